The van der Waals surface area contributed by atoms with E-state index in [9.17, 15) is 9.59 Å². The Morgan fingerprint density at radius 1 is 1.13 bits per heavy atom. The van der Waals surface area contributed by atoms with Gasteiger partial charge in [-0.25, -0.2) is 0 Å². The van der Waals surface area contributed by atoms with Gasteiger partial charge in [0.1, 0.15) is 5.75 Å². The van der Waals surface area contributed by atoms with Gasteiger partial charge < -0.3 is 15.4 Å². The van der Waals surface area contributed by atoms with Crippen LogP contribution in [-0.4, -0.2) is 25.5 Å². The Labute approximate surface area is 143 Å². The number of amides is 2. The molecule has 0 unspecified atom stereocenters. The van der Waals surface area contributed by atoms with E-state index in [-0.39, 0.29) is 11.8 Å². The molecule has 2 N–H and O–H groups in total. The van der Waals surface area contributed by atoms with Crippen molar-refractivity contribution < 1.29 is 14.3 Å². The number of carbonyl (C=O) groups excluding carboxylic acids is 2. The Morgan fingerprint density at radius 3 is 2.61 bits per heavy atom. The number of hydrogen-bond donors (Lipinski definition) is 2. The minimum Gasteiger partial charge on any atom is -0.496 e. The molecule has 2 aromatic rings. The summed E-state index contributed by atoms with van der Waals surface area (Å²) in [7, 11) is 1.51. The quantitative estimate of drug-likeness (QED) is 0.839. The van der Waals surface area contributed by atoms with Crippen LogP contribution in [0.1, 0.15) is 27.6 Å². The van der Waals surface area contributed by atoms with E-state index in [0.29, 0.717) is 29.1 Å². The van der Waals surface area contributed by atoms with Gasteiger partial charge in [-0.2, -0.15) is 0 Å². The maximum atomic E-state index is 12.4. The maximum absolute atomic E-state index is 12.4. The van der Waals surface area contributed by atoms with E-state index in [2.05, 4.69) is 26.6 Å². The second-order valence-electron chi connectivity index (χ2n) is 4.74. The zero-order chi connectivity index (χ0) is 16.8. The Kier molecular flexibility index (Phi) is 5.76. The zero-order valence-corrected chi connectivity index (χ0v) is 14.4. The summed E-state index contributed by atoms with van der Waals surface area (Å²) in [6, 6.07) is 12.0. The molecule has 0 saturated heterocycles. The van der Waals surface area contributed by atoms with Crippen molar-refractivity contribution >= 4 is 33.4 Å². The molecule has 2 amide bonds. The topological polar surface area (TPSA) is 67.4 Å². The zero-order valence-electron chi connectivity index (χ0n) is 12.9. The molecule has 23 heavy (non-hydrogen) atoms. The SMILES string of the molecule is CCNC(=O)c1cccc(NC(=O)c2cc(Br)ccc2OC)c1. The smallest absolute Gasteiger partial charge is 0.259 e. The molecule has 2 rings (SSSR count). The number of benzene rings is 2. The Hall–Kier alpha value is -2.34. The Morgan fingerprint density at radius 2 is 1.91 bits per heavy atom. The minimum absolute atomic E-state index is 0.177. The van der Waals surface area contributed by atoms with Crippen molar-refractivity contribution in [3.63, 3.8) is 0 Å². The second-order valence-corrected chi connectivity index (χ2v) is 5.65. The van der Waals surface area contributed by atoms with Gasteiger partial charge >= 0.3 is 0 Å². The number of anilines is 1. The third-order valence-corrected chi connectivity index (χ3v) is 3.62. The van der Waals surface area contributed by atoms with E-state index < -0.39 is 0 Å². The van der Waals surface area contributed by atoms with Crippen molar-refractivity contribution in [1.29, 1.82) is 0 Å². The first kappa shape index (κ1) is 17.0. The van der Waals surface area contributed by atoms with Crippen molar-refractivity contribution in [3.05, 3.63) is 58.1 Å². The Bertz CT molecular complexity index is 732. The third kappa shape index (κ3) is 4.32. The van der Waals surface area contributed by atoms with Crippen LogP contribution >= 0.6 is 15.9 Å². The molecule has 0 aliphatic heterocycles. The summed E-state index contributed by atoms with van der Waals surface area (Å²) in [6.45, 7) is 2.40. The molecular formula is C17H17BrN2O3. The van der Waals surface area contributed by atoms with Crippen molar-refractivity contribution in [1.82, 2.24) is 5.32 Å². The highest BCUT2D eigenvalue weighted by atomic mass is 79.9. The monoisotopic (exact) mass is 376 g/mol. The molecule has 0 aliphatic rings. The number of methoxy groups -OCH3 is 1. The predicted molar refractivity (Wildman–Crippen MR) is 93.1 cm³/mol. The fourth-order valence-corrected chi connectivity index (χ4v) is 2.42. The van der Waals surface area contributed by atoms with E-state index in [1.807, 2.05) is 6.92 Å². The summed E-state index contributed by atoms with van der Waals surface area (Å²) in [4.78, 5) is 24.3. The van der Waals surface area contributed by atoms with Gasteiger partial charge in [0.2, 0.25) is 0 Å². The fraction of sp³-hybridized carbons (Fsp3) is 0.176. The Balaban J connectivity index is 2.22. The van der Waals surface area contributed by atoms with E-state index in [4.69, 9.17) is 4.74 Å². The summed E-state index contributed by atoms with van der Waals surface area (Å²) in [6.07, 6.45) is 0. The van der Waals surface area contributed by atoms with Gasteiger partial charge in [0.25, 0.3) is 11.8 Å². The average Bonchev–Trinajstić information content (AvgIpc) is 2.55. The van der Waals surface area contributed by atoms with Gasteiger partial charge in [0, 0.05) is 22.3 Å². The number of rotatable bonds is 5. The van der Waals surface area contributed by atoms with Crippen molar-refractivity contribution in [2.24, 2.45) is 0 Å². The van der Waals surface area contributed by atoms with Crippen LogP contribution in [0.5, 0.6) is 5.75 Å². The molecule has 0 heterocycles. The number of hydrogen-bond acceptors (Lipinski definition) is 3. The number of ether oxygens (including phenoxy) is 1. The lowest BCUT2D eigenvalue weighted by atomic mass is 10.1. The summed E-state index contributed by atoms with van der Waals surface area (Å²) < 4.78 is 5.98. The van der Waals surface area contributed by atoms with Gasteiger partial charge in [0.15, 0.2) is 0 Å². The summed E-state index contributed by atoms with van der Waals surface area (Å²) in [5.74, 6) is -0.00887. The van der Waals surface area contributed by atoms with Gasteiger partial charge in [0.05, 0.1) is 12.7 Å². The summed E-state index contributed by atoms with van der Waals surface area (Å²) in [5, 5.41) is 5.50. The maximum Gasteiger partial charge on any atom is 0.259 e. The average molecular weight is 377 g/mol. The highest BCUT2D eigenvalue weighted by Gasteiger charge is 2.14. The number of nitrogens with one attached hydrogen (secondary N) is 2. The first-order chi connectivity index (χ1) is 11.0. The predicted octanol–water partition coefficient (Wildman–Crippen LogP) is 3.46. The van der Waals surface area contributed by atoms with Crippen LogP contribution in [0.2, 0.25) is 0 Å². The molecular weight excluding hydrogens is 360 g/mol. The van der Waals surface area contributed by atoms with Crippen LogP contribution in [0, 0.1) is 0 Å². The summed E-state index contributed by atoms with van der Waals surface area (Å²) >= 11 is 3.34. The van der Waals surface area contributed by atoms with Crippen LogP contribution < -0.4 is 15.4 Å². The van der Waals surface area contributed by atoms with Crippen LogP contribution in [0.3, 0.4) is 0 Å². The van der Waals surface area contributed by atoms with Crippen molar-refractivity contribution in [3.8, 4) is 5.75 Å². The number of carbonyl (C=O) groups is 2. The first-order valence-corrected chi connectivity index (χ1v) is 7.87. The van der Waals surface area contributed by atoms with Gasteiger partial charge in [-0.1, -0.05) is 22.0 Å². The van der Waals surface area contributed by atoms with Crippen molar-refractivity contribution in [2.75, 3.05) is 19.0 Å². The van der Waals surface area contributed by atoms with Crippen LogP contribution in [-0.2, 0) is 0 Å². The molecule has 0 radical (unpaired) electrons. The van der Waals surface area contributed by atoms with E-state index in [1.165, 1.54) is 7.11 Å². The van der Waals surface area contributed by atoms with Gasteiger partial charge in [-0.05, 0) is 43.3 Å². The highest BCUT2D eigenvalue weighted by molar-refractivity contribution is 9.10. The first-order valence-electron chi connectivity index (χ1n) is 7.08. The molecule has 6 heteroatoms. The van der Waals surface area contributed by atoms with E-state index >= 15 is 0 Å². The lowest BCUT2D eigenvalue weighted by Gasteiger charge is -2.11. The van der Waals surface area contributed by atoms with E-state index in [1.54, 1.807) is 42.5 Å². The molecule has 0 fully saturated rings. The number of halogens is 1. The van der Waals surface area contributed by atoms with Gasteiger partial charge in [-0.15, -0.1) is 0 Å². The molecule has 120 valence electrons. The van der Waals surface area contributed by atoms with E-state index in [0.717, 1.165) is 4.47 Å². The molecule has 2 aromatic carbocycles. The fourth-order valence-electron chi connectivity index (χ4n) is 2.06. The van der Waals surface area contributed by atoms with Gasteiger partial charge in [-0.3, -0.25) is 9.59 Å². The largest absolute Gasteiger partial charge is 0.496 e. The second kappa shape index (κ2) is 7.78. The van der Waals surface area contributed by atoms with Crippen LogP contribution in [0.4, 0.5) is 5.69 Å². The lowest BCUT2D eigenvalue weighted by Crippen LogP contribution is -2.22. The molecule has 0 bridgehead atoms. The molecule has 0 aliphatic carbocycles. The molecule has 0 spiro atoms. The van der Waals surface area contributed by atoms with Crippen molar-refractivity contribution in [2.45, 2.75) is 6.92 Å². The summed E-state index contributed by atoms with van der Waals surface area (Å²) in [5.41, 5.74) is 1.44. The molecule has 0 saturated carbocycles. The molecule has 5 nitrogen and oxygen atoms in total. The minimum atomic E-state index is -0.309. The lowest BCUT2D eigenvalue weighted by molar-refractivity contribution is 0.0954. The third-order valence-electron chi connectivity index (χ3n) is 3.13. The molecule has 0 atom stereocenters. The standard InChI is InChI=1S/C17H17BrN2O3/c1-3-19-16(21)11-5-4-6-13(9-11)20-17(22)14-10-12(18)7-8-15(14)23-2/h4-10H,3H2,1-2H3,(H,19,21)(H,20,22). The highest BCUT2D eigenvalue weighted by Crippen LogP contribution is 2.24. The van der Waals surface area contributed by atoms with Crippen LogP contribution in [0.25, 0.3) is 0 Å². The van der Waals surface area contributed by atoms with Crippen LogP contribution in [0.15, 0.2) is 46.9 Å². The normalized spacial score (nSPS) is 10.0. The molecule has 0 aromatic heterocycles.